The van der Waals surface area contributed by atoms with Crippen molar-refractivity contribution in [1.29, 1.82) is 0 Å². The van der Waals surface area contributed by atoms with Crippen molar-refractivity contribution >= 4 is 5.91 Å². The molecule has 1 atom stereocenters. The molecule has 0 aromatic carbocycles. The average molecular weight is 369 g/mol. The molecule has 0 aliphatic heterocycles. The fourth-order valence-electron chi connectivity index (χ4n) is 2.54. The van der Waals surface area contributed by atoms with Crippen LogP contribution in [0.5, 0.6) is 0 Å². The predicted molar refractivity (Wildman–Crippen MR) is 98.1 cm³/mol. The summed E-state index contributed by atoms with van der Waals surface area (Å²) in [5.41, 5.74) is 7.50. The molecule has 3 N–H and O–H groups in total. The number of nitrogens with two attached hydrogens (primary N) is 1. The summed E-state index contributed by atoms with van der Waals surface area (Å²) >= 11 is 0. The first kappa shape index (κ1) is 18.7. The third-order valence-electron chi connectivity index (χ3n) is 4.06. The van der Waals surface area contributed by atoms with E-state index in [4.69, 9.17) is 10.3 Å². The third-order valence-corrected chi connectivity index (χ3v) is 4.06. The van der Waals surface area contributed by atoms with Crippen LogP contribution in [0.1, 0.15) is 37.3 Å². The fourth-order valence-corrected chi connectivity index (χ4v) is 2.54. The summed E-state index contributed by atoms with van der Waals surface area (Å²) in [5.74, 6) is 1.71. The molecule has 0 unspecified atom stereocenters. The summed E-state index contributed by atoms with van der Waals surface area (Å²) < 4.78 is 6.81. The number of amides is 1. The van der Waals surface area contributed by atoms with E-state index in [-0.39, 0.29) is 31.0 Å². The van der Waals surface area contributed by atoms with Gasteiger partial charge < -0.3 is 15.6 Å². The lowest BCUT2D eigenvalue weighted by molar-refractivity contribution is -0.122. The van der Waals surface area contributed by atoms with Crippen LogP contribution >= 0.6 is 0 Å². The monoisotopic (exact) mass is 369 g/mol. The minimum atomic E-state index is -0.283. The number of aryl methyl sites for hydroxylation is 1. The molecule has 9 nitrogen and oxygen atoms in total. The normalized spacial score (nSPS) is 12.3. The zero-order valence-electron chi connectivity index (χ0n) is 15.6. The number of carbonyl (C=O) groups excluding carboxylic acids is 1. The molecule has 9 heteroatoms. The molecule has 0 radical (unpaired) electrons. The van der Waals surface area contributed by atoms with Gasteiger partial charge in [0.25, 0.3) is 0 Å². The van der Waals surface area contributed by atoms with Crippen molar-refractivity contribution in [3.8, 4) is 11.4 Å². The molecule has 3 heterocycles. The maximum absolute atomic E-state index is 12.3. The molecule has 0 saturated heterocycles. The van der Waals surface area contributed by atoms with Crippen LogP contribution in [0.25, 0.3) is 11.4 Å². The molecular weight excluding hydrogens is 346 g/mol. The van der Waals surface area contributed by atoms with Crippen LogP contribution in [0.15, 0.2) is 35.0 Å². The Morgan fingerprint density at radius 1 is 1.33 bits per heavy atom. The average Bonchev–Trinajstić information content (AvgIpc) is 3.26. The van der Waals surface area contributed by atoms with E-state index in [2.05, 4.69) is 25.5 Å². The standard InChI is InChI=1S/C18H23N7O2/c1-11(2)17(19)18-22-12(3)23-25(18)10-16(26)21-9-13-8-15(24-27-13)14-6-4-5-7-20-14/h4-8,11,17H,9-10,19H2,1-3H3,(H,21,26)/t17-/m0/s1. The largest absolute Gasteiger partial charge is 0.359 e. The SMILES string of the molecule is Cc1nc([C@@H](N)C(C)C)n(CC(=O)NCc2cc(-c3ccccn3)no2)n1. The molecule has 3 aromatic heterocycles. The van der Waals surface area contributed by atoms with Gasteiger partial charge in [0.2, 0.25) is 5.91 Å². The first-order chi connectivity index (χ1) is 12.9. The zero-order valence-corrected chi connectivity index (χ0v) is 15.6. The Balaban J connectivity index is 1.60. The van der Waals surface area contributed by atoms with Crippen molar-refractivity contribution in [2.24, 2.45) is 11.7 Å². The van der Waals surface area contributed by atoms with E-state index in [1.807, 2.05) is 32.0 Å². The van der Waals surface area contributed by atoms with Gasteiger partial charge >= 0.3 is 0 Å². The molecule has 0 saturated carbocycles. The highest BCUT2D eigenvalue weighted by Crippen LogP contribution is 2.17. The molecule has 0 aliphatic rings. The van der Waals surface area contributed by atoms with Crippen LogP contribution < -0.4 is 11.1 Å². The second-order valence-corrected chi connectivity index (χ2v) is 6.61. The minimum Gasteiger partial charge on any atom is -0.359 e. The second-order valence-electron chi connectivity index (χ2n) is 6.61. The molecule has 0 spiro atoms. The summed E-state index contributed by atoms with van der Waals surface area (Å²) in [7, 11) is 0. The van der Waals surface area contributed by atoms with E-state index in [9.17, 15) is 4.79 Å². The number of rotatable bonds is 7. The number of pyridine rings is 1. The summed E-state index contributed by atoms with van der Waals surface area (Å²) in [4.78, 5) is 20.9. The highest BCUT2D eigenvalue weighted by molar-refractivity contribution is 5.75. The van der Waals surface area contributed by atoms with Gasteiger partial charge in [0.15, 0.2) is 5.76 Å². The lowest BCUT2D eigenvalue weighted by Gasteiger charge is -2.15. The smallest absolute Gasteiger partial charge is 0.242 e. The van der Waals surface area contributed by atoms with E-state index >= 15 is 0 Å². The van der Waals surface area contributed by atoms with Gasteiger partial charge in [0.1, 0.15) is 23.9 Å². The van der Waals surface area contributed by atoms with Crippen molar-refractivity contribution in [3.05, 3.63) is 47.9 Å². The molecule has 3 rings (SSSR count). The van der Waals surface area contributed by atoms with Gasteiger partial charge in [-0.2, -0.15) is 5.10 Å². The Morgan fingerprint density at radius 3 is 2.85 bits per heavy atom. The van der Waals surface area contributed by atoms with Crippen molar-refractivity contribution in [1.82, 2.24) is 30.2 Å². The topological polar surface area (TPSA) is 125 Å². The van der Waals surface area contributed by atoms with Crippen molar-refractivity contribution in [2.75, 3.05) is 0 Å². The number of hydrogen-bond donors (Lipinski definition) is 2. The molecule has 0 aliphatic carbocycles. The van der Waals surface area contributed by atoms with Crippen LogP contribution in [-0.2, 0) is 17.9 Å². The van der Waals surface area contributed by atoms with Crippen LogP contribution in [0.4, 0.5) is 0 Å². The molecule has 27 heavy (non-hydrogen) atoms. The Bertz CT molecular complexity index is 902. The van der Waals surface area contributed by atoms with Gasteiger partial charge in [-0.05, 0) is 25.0 Å². The van der Waals surface area contributed by atoms with Gasteiger partial charge in [-0.25, -0.2) is 9.67 Å². The molecule has 0 fully saturated rings. The fraction of sp³-hybridized carbons (Fsp3) is 0.389. The van der Waals surface area contributed by atoms with Crippen molar-refractivity contribution < 1.29 is 9.32 Å². The number of carbonyl (C=O) groups is 1. The summed E-state index contributed by atoms with van der Waals surface area (Å²) in [6, 6.07) is 7.01. The number of hydrogen-bond acceptors (Lipinski definition) is 7. The van der Waals surface area contributed by atoms with E-state index in [1.54, 1.807) is 23.9 Å². The summed E-state index contributed by atoms with van der Waals surface area (Å²) in [6.07, 6.45) is 1.69. The lowest BCUT2D eigenvalue weighted by Crippen LogP contribution is -2.30. The molecule has 0 bridgehead atoms. The van der Waals surface area contributed by atoms with Gasteiger partial charge in [0.05, 0.1) is 18.3 Å². The Hall–Kier alpha value is -3.07. The molecule has 1 amide bonds. The molecule has 142 valence electrons. The zero-order chi connectivity index (χ0) is 19.4. The van der Waals surface area contributed by atoms with E-state index in [0.29, 0.717) is 28.8 Å². The Labute approximate surface area is 157 Å². The van der Waals surface area contributed by atoms with Gasteiger partial charge in [-0.1, -0.05) is 25.1 Å². The van der Waals surface area contributed by atoms with Crippen LogP contribution in [0.2, 0.25) is 0 Å². The molecule has 3 aromatic rings. The third kappa shape index (κ3) is 4.56. The van der Waals surface area contributed by atoms with Crippen molar-refractivity contribution in [2.45, 2.75) is 39.9 Å². The van der Waals surface area contributed by atoms with Gasteiger partial charge in [-0.3, -0.25) is 9.78 Å². The van der Waals surface area contributed by atoms with Gasteiger partial charge in [-0.15, -0.1) is 0 Å². The van der Waals surface area contributed by atoms with Crippen LogP contribution in [-0.4, -0.2) is 30.8 Å². The van der Waals surface area contributed by atoms with E-state index in [1.165, 1.54) is 0 Å². The Morgan fingerprint density at radius 2 is 2.15 bits per heavy atom. The maximum atomic E-state index is 12.3. The van der Waals surface area contributed by atoms with Gasteiger partial charge in [0, 0.05) is 12.3 Å². The van der Waals surface area contributed by atoms with Crippen molar-refractivity contribution in [3.63, 3.8) is 0 Å². The van der Waals surface area contributed by atoms with E-state index < -0.39 is 0 Å². The molecular formula is C18H23N7O2. The number of nitrogens with one attached hydrogen (secondary N) is 1. The minimum absolute atomic E-state index is 0.0395. The Kier molecular flexibility index (Phi) is 5.60. The first-order valence-electron chi connectivity index (χ1n) is 8.74. The second kappa shape index (κ2) is 8.09. The first-order valence-corrected chi connectivity index (χ1v) is 8.74. The number of aromatic nitrogens is 5. The summed E-state index contributed by atoms with van der Waals surface area (Å²) in [5, 5.41) is 11.0. The summed E-state index contributed by atoms with van der Waals surface area (Å²) in [6.45, 7) is 6.04. The maximum Gasteiger partial charge on any atom is 0.242 e. The highest BCUT2D eigenvalue weighted by atomic mass is 16.5. The van der Waals surface area contributed by atoms with E-state index in [0.717, 1.165) is 0 Å². The highest BCUT2D eigenvalue weighted by Gasteiger charge is 2.20. The van der Waals surface area contributed by atoms with Crippen LogP contribution in [0, 0.1) is 12.8 Å². The lowest BCUT2D eigenvalue weighted by atomic mass is 10.1. The quantitative estimate of drug-likeness (QED) is 0.648. The number of nitrogens with zero attached hydrogens (tertiary/aromatic N) is 5. The predicted octanol–water partition coefficient (Wildman–Crippen LogP) is 1.61. The van der Waals surface area contributed by atoms with Crippen LogP contribution in [0.3, 0.4) is 0 Å².